The van der Waals surface area contributed by atoms with E-state index < -0.39 is 10.8 Å². The van der Waals surface area contributed by atoms with Crippen LogP contribution in [0.15, 0.2) is 59.4 Å². The summed E-state index contributed by atoms with van der Waals surface area (Å²) in [4.78, 5) is 34.8. The van der Waals surface area contributed by atoms with Crippen LogP contribution in [0.4, 0.5) is 5.69 Å². The van der Waals surface area contributed by atoms with E-state index in [1.807, 2.05) is 0 Å². The molecule has 0 bridgehead atoms. The maximum Gasteiger partial charge on any atom is 0.273 e. The van der Waals surface area contributed by atoms with Gasteiger partial charge in [-0.2, -0.15) is 5.10 Å². The molecule has 3 rings (SSSR count). The molecule has 0 unspecified atom stereocenters. The molecule has 0 radical (unpaired) electrons. The van der Waals surface area contributed by atoms with Gasteiger partial charge in [-0.3, -0.25) is 19.7 Å². The number of carbonyl (C=O) groups is 1. The van der Waals surface area contributed by atoms with E-state index in [0.29, 0.717) is 16.3 Å². The summed E-state index contributed by atoms with van der Waals surface area (Å²) >= 11 is 5.89. The third kappa shape index (κ3) is 4.85. The Bertz CT molecular complexity index is 1130. The van der Waals surface area contributed by atoms with Gasteiger partial charge < -0.3 is 5.32 Å². The highest BCUT2D eigenvalue weighted by atomic mass is 35.5. The zero-order valence-corrected chi connectivity index (χ0v) is 16.2. The minimum Gasteiger partial charge on any atom is -0.350 e. The number of hydrogen-bond donors (Lipinski definition) is 1. The highest BCUT2D eigenvalue weighted by Crippen LogP contribution is 2.19. The number of aryl methyl sites for hydroxylation is 1. The number of amides is 1. The Morgan fingerprint density at radius 2 is 1.90 bits per heavy atom. The molecule has 1 aromatic heterocycles. The molecule has 0 fully saturated rings. The molecule has 1 N–H and O–H groups in total. The summed E-state index contributed by atoms with van der Waals surface area (Å²) in [5.74, 6) is -0.463. The van der Waals surface area contributed by atoms with Gasteiger partial charge in [0.15, 0.2) is 0 Å². The van der Waals surface area contributed by atoms with Crippen LogP contribution in [-0.4, -0.2) is 27.2 Å². The summed E-state index contributed by atoms with van der Waals surface area (Å²) in [5, 5.41) is 18.6. The second kappa shape index (κ2) is 8.66. The minimum absolute atomic E-state index is 0.119. The van der Waals surface area contributed by atoms with Crippen molar-refractivity contribution in [2.24, 2.45) is 0 Å². The molecule has 0 aliphatic heterocycles. The summed E-state index contributed by atoms with van der Waals surface area (Å²) in [6.45, 7) is 1.89. The number of hydrogen-bond acceptors (Lipinski definition) is 5. The summed E-state index contributed by atoms with van der Waals surface area (Å²) < 4.78 is 1.25. The van der Waals surface area contributed by atoms with Gasteiger partial charge in [0.2, 0.25) is 0 Å². The highest BCUT2D eigenvalue weighted by Gasteiger charge is 2.14. The van der Waals surface area contributed by atoms with Crippen molar-refractivity contribution in [3.63, 3.8) is 0 Å². The zero-order chi connectivity index (χ0) is 21.0. The van der Waals surface area contributed by atoms with Crippen molar-refractivity contribution in [1.29, 1.82) is 0 Å². The predicted octanol–water partition coefficient (Wildman–Crippen LogP) is 3.21. The van der Waals surface area contributed by atoms with Crippen LogP contribution in [0.1, 0.15) is 15.9 Å². The molecule has 0 atom stereocenters. The van der Waals surface area contributed by atoms with Crippen LogP contribution in [0.3, 0.4) is 0 Å². The second-order valence-electron chi connectivity index (χ2n) is 6.30. The summed E-state index contributed by atoms with van der Waals surface area (Å²) in [6.07, 6.45) is 0. The van der Waals surface area contributed by atoms with E-state index in [-0.39, 0.29) is 29.9 Å². The van der Waals surface area contributed by atoms with E-state index in [1.54, 1.807) is 37.3 Å². The fraction of sp³-hybridized carbons (Fsp3) is 0.150. The molecular weight excluding hydrogens is 396 g/mol. The van der Waals surface area contributed by atoms with Gasteiger partial charge in [-0.25, -0.2) is 4.68 Å². The Balaban J connectivity index is 1.69. The monoisotopic (exact) mass is 412 g/mol. The molecular formula is C20H17ClN4O4. The lowest BCUT2D eigenvalue weighted by atomic mass is 10.1. The first kappa shape index (κ1) is 20.2. The standard InChI is InChI=1S/C20H17ClN4O4/c1-13-2-3-15(12-18(13)25(28)29)20(27)22-10-11-24-19(26)9-8-17(23-24)14-4-6-16(21)7-5-14/h2-9,12H,10-11H2,1H3,(H,22,27). The number of rotatable bonds is 6. The molecule has 0 aliphatic rings. The quantitative estimate of drug-likeness (QED) is 0.494. The molecule has 2 aromatic carbocycles. The van der Waals surface area contributed by atoms with Crippen molar-refractivity contribution in [3.05, 3.63) is 91.2 Å². The topological polar surface area (TPSA) is 107 Å². The van der Waals surface area contributed by atoms with Crippen LogP contribution >= 0.6 is 11.6 Å². The molecule has 148 valence electrons. The van der Waals surface area contributed by atoms with E-state index in [1.165, 1.54) is 28.9 Å². The SMILES string of the molecule is Cc1ccc(C(=O)NCCn2nc(-c3ccc(Cl)cc3)ccc2=O)cc1[N+](=O)[O-]. The number of nitrogens with zero attached hydrogens (tertiary/aromatic N) is 3. The van der Waals surface area contributed by atoms with Crippen molar-refractivity contribution >= 4 is 23.2 Å². The maximum atomic E-state index is 12.3. The summed E-state index contributed by atoms with van der Waals surface area (Å²) in [6, 6.07) is 14.4. The number of halogens is 1. The van der Waals surface area contributed by atoms with E-state index in [4.69, 9.17) is 11.6 Å². The lowest BCUT2D eigenvalue weighted by Gasteiger charge is -2.09. The molecule has 1 heterocycles. The average Bonchev–Trinajstić information content (AvgIpc) is 2.70. The Morgan fingerprint density at radius 1 is 1.17 bits per heavy atom. The van der Waals surface area contributed by atoms with Gasteiger partial charge in [0.25, 0.3) is 17.2 Å². The number of nitro groups is 1. The first-order chi connectivity index (χ1) is 13.8. The Kier molecular flexibility index (Phi) is 6.04. The molecule has 0 saturated carbocycles. The van der Waals surface area contributed by atoms with Crippen molar-refractivity contribution in [1.82, 2.24) is 15.1 Å². The fourth-order valence-electron chi connectivity index (χ4n) is 2.71. The van der Waals surface area contributed by atoms with Gasteiger partial charge in [0, 0.05) is 40.4 Å². The smallest absolute Gasteiger partial charge is 0.273 e. The van der Waals surface area contributed by atoms with Crippen LogP contribution in [0.5, 0.6) is 0 Å². The van der Waals surface area contributed by atoms with Crippen molar-refractivity contribution < 1.29 is 9.72 Å². The fourth-order valence-corrected chi connectivity index (χ4v) is 2.83. The van der Waals surface area contributed by atoms with E-state index in [2.05, 4.69) is 10.4 Å². The second-order valence-corrected chi connectivity index (χ2v) is 6.74. The predicted molar refractivity (Wildman–Crippen MR) is 109 cm³/mol. The number of carbonyl (C=O) groups excluding carboxylic acids is 1. The Morgan fingerprint density at radius 3 is 2.59 bits per heavy atom. The number of benzene rings is 2. The Hall–Kier alpha value is -3.52. The van der Waals surface area contributed by atoms with Crippen molar-refractivity contribution in [2.75, 3.05) is 6.54 Å². The molecule has 3 aromatic rings. The molecule has 0 spiro atoms. The van der Waals surface area contributed by atoms with Gasteiger partial charge in [0.05, 0.1) is 17.2 Å². The maximum absolute atomic E-state index is 12.3. The van der Waals surface area contributed by atoms with E-state index >= 15 is 0 Å². The average molecular weight is 413 g/mol. The van der Waals surface area contributed by atoms with Gasteiger partial charge >= 0.3 is 0 Å². The lowest BCUT2D eigenvalue weighted by Crippen LogP contribution is -2.32. The molecule has 29 heavy (non-hydrogen) atoms. The third-order valence-corrected chi connectivity index (χ3v) is 4.54. The highest BCUT2D eigenvalue weighted by molar-refractivity contribution is 6.30. The lowest BCUT2D eigenvalue weighted by molar-refractivity contribution is -0.385. The van der Waals surface area contributed by atoms with Crippen molar-refractivity contribution in [2.45, 2.75) is 13.5 Å². The molecule has 1 amide bonds. The molecule has 9 heteroatoms. The van der Waals surface area contributed by atoms with E-state index in [0.717, 1.165) is 5.56 Å². The molecule has 8 nitrogen and oxygen atoms in total. The van der Waals surface area contributed by atoms with Crippen LogP contribution < -0.4 is 10.9 Å². The van der Waals surface area contributed by atoms with Gasteiger partial charge in [-0.15, -0.1) is 0 Å². The van der Waals surface area contributed by atoms with Crippen LogP contribution in [0.25, 0.3) is 11.3 Å². The van der Waals surface area contributed by atoms with E-state index in [9.17, 15) is 19.7 Å². The molecule has 0 saturated heterocycles. The summed E-state index contributed by atoms with van der Waals surface area (Å²) in [5.41, 5.74) is 1.63. The van der Waals surface area contributed by atoms with Crippen LogP contribution in [-0.2, 0) is 6.54 Å². The van der Waals surface area contributed by atoms with Crippen LogP contribution in [0, 0.1) is 17.0 Å². The minimum atomic E-state index is -0.530. The summed E-state index contributed by atoms with van der Waals surface area (Å²) in [7, 11) is 0. The van der Waals surface area contributed by atoms with Gasteiger partial charge in [0.1, 0.15) is 0 Å². The largest absolute Gasteiger partial charge is 0.350 e. The molecule has 0 aliphatic carbocycles. The van der Waals surface area contributed by atoms with Crippen molar-refractivity contribution in [3.8, 4) is 11.3 Å². The first-order valence-corrected chi connectivity index (χ1v) is 9.10. The Labute approximate surface area is 170 Å². The number of aromatic nitrogens is 2. The zero-order valence-electron chi connectivity index (χ0n) is 15.5. The number of nitro benzene ring substituents is 1. The third-order valence-electron chi connectivity index (χ3n) is 4.28. The normalized spacial score (nSPS) is 10.6. The number of nitrogens with one attached hydrogen (secondary N) is 1. The van der Waals surface area contributed by atoms with Crippen LogP contribution in [0.2, 0.25) is 5.02 Å². The van der Waals surface area contributed by atoms with Gasteiger partial charge in [-0.05, 0) is 31.2 Å². The first-order valence-electron chi connectivity index (χ1n) is 8.72. The van der Waals surface area contributed by atoms with Gasteiger partial charge in [-0.1, -0.05) is 29.8 Å².